The van der Waals surface area contributed by atoms with Gasteiger partial charge in [-0.25, -0.2) is 0 Å². The second-order valence-electron chi connectivity index (χ2n) is 14.8. The normalized spacial score (nSPS) is 14.9. The molecule has 60 heavy (non-hydrogen) atoms. The Labute approximate surface area is 354 Å². The first-order valence-electron chi connectivity index (χ1n) is 19.4. The fourth-order valence-corrected chi connectivity index (χ4v) is 6.06. The molecule has 22 heteroatoms. The number of benzene rings is 1. The third-order valence-corrected chi connectivity index (χ3v) is 9.47. The number of aromatic hydroxyl groups is 1. The van der Waals surface area contributed by atoms with E-state index in [2.05, 4.69) is 42.2 Å². The number of rotatable bonds is 26. The van der Waals surface area contributed by atoms with Crippen molar-refractivity contribution in [2.75, 3.05) is 18.6 Å². The standard InChI is InChI=1S/C38H63N11O10S/c1-19(2)17-28(31(39)53)48-37(59)30(22(5)50)49-33(55)21(4)44-35(57)27(14-16-60-7)46-32(54)20(3)43-34(56)26(9-8-15-42-38(40)41)47-36(58)29(45-23(6)51)18-24-10-12-25(52)13-11-24/h10-13,19-22,26-30,50,52H,8-9,14-18H2,1-7H3,(H2,39,53)(H,43,56)(H,44,57)(H,45,51)(H,46,54)(H,47,58)(H,48,59)(H,49,55)(H4,40,41,42)/t20-,21-,22+,26-,27-,28-,29-,30-/m0/s1. The van der Waals surface area contributed by atoms with E-state index >= 15 is 0 Å². The topological polar surface area (TPSA) is 352 Å². The molecule has 1 rings (SSSR count). The maximum Gasteiger partial charge on any atom is 0.245 e. The first-order valence-corrected chi connectivity index (χ1v) is 20.8. The molecule has 8 atom stereocenters. The number of hydrogen-bond acceptors (Lipinski definition) is 12. The van der Waals surface area contributed by atoms with Crippen molar-refractivity contribution >= 4 is 65.0 Å². The van der Waals surface area contributed by atoms with Gasteiger partial charge in [0.05, 0.1) is 6.10 Å². The SMILES string of the molecule is CSCC[C@H](NC(=O)[C@H](C)NC(=O)[C@H](CCCN=C(N)N)NC(=O)[C@H](Cc1ccc(O)cc1)NC(C)=O)C(=O)N[C@@H](C)C(=O)N[C@H](C(=O)N[C@@H](CC(C)C)C(N)=O)[C@@H](C)O. The van der Waals surface area contributed by atoms with Crippen molar-refractivity contribution in [1.29, 1.82) is 0 Å². The molecule has 0 bridgehead atoms. The third-order valence-electron chi connectivity index (χ3n) is 8.83. The first-order chi connectivity index (χ1) is 28.0. The van der Waals surface area contributed by atoms with Crippen molar-refractivity contribution in [3.8, 4) is 5.75 Å². The fourth-order valence-electron chi connectivity index (χ4n) is 5.59. The van der Waals surface area contributed by atoms with Crippen LogP contribution >= 0.6 is 11.8 Å². The van der Waals surface area contributed by atoms with Gasteiger partial charge in [-0.3, -0.25) is 43.3 Å². The fraction of sp³-hybridized carbons (Fsp3) is 0.605. The number of carbonyl (C=O) groups excluding carboxylic acids is 8. The minimum Gasteiger partial charge on any atom is -0.508 e. The molecule has 0 spiro atoms. The molecule has 0 aliphatic rings. The summed E-state index contributed by atoms with van der Waals surface area (Å²) in [6.07, 6.45) is 1.01. The first kappa shape index (κ1) is 52.4. The molecule has 0 aromatic heterocycles. The van der Waals surface area contributed by atoms with Crippen molar-refractivity contribution in [2.24, 2.45) is 28.1 Å². The average molecular weight is 866 g/mol. The maximum absolute atomic E-state index is 13.6. The van der Waals surface area contributed by atoms with Crippen LogP contribution in [0.2, 0.25) is 0 Å². The van der Waals surface area contributed by atoms with E-state index in [0.717, 1.165) is 0 Å². The zero-order valence-electron chi connectivity index (χ0n) is 35.2. The highest BCUT2D eigenvalue weighted by molar-refractivity contribution is 7.98. The number of carbonyl (C=O) groups is 8. The van der Waals surface area contributed by atoms with Crippen LogP contribution in [0.5, 0.6) is 5.75 Å². The van der Waals surface area contributed by atoms with E-state index in [0.29, 0.717) is 11.3 Å². The second-order valence-corrected chi connectivity index (χ2v) is 15.7. The Hall–Kier alpha value is -5.64. The highest BCUT2D eigenvalue weighted by Crippen LogP contribution is 2.12. The van der Waals surface area contributed by atoms with Gasteiger partial charge in [-0.1, -0.05) is 26.0 Å². The third kappa shape index (κ3) is 19.9. The lowest BCUT2D eigenvalue weighted by Crippen LogP contribution is -2.60. The van der Waals surface area contributed by atoms with Crippen LogP contribution in [0.15, 0.2) is 29.3 Å². The van der Waals surface area contributed by atoms with Crippen LogP contribution in [0.1, 0.15) is 72.8 Å². The van der Waals surface area contributed by atoms with E-state index in [4.69, 9.17) is 17.2 Å². The van der Waals surface area contributed by atoms with Gasteiger partial charge < -0.3 is 64.6 Å². The van der Waals surface area contributed by atoms with E-state index < -0.39 is 95.7 Å². The number of aliphatic hydroxyl groups is 1. The molecular weight excluding hydrogens is 803 g/mol. The molecule has 336 valence electrons. The summed E-state index contributed by atoms with van der Waals surface area (Å²) < 4.78 is 0. The minimum atomic E-state index is -1.50. The van der Waals surface area contributed by atoms with Gasteiger partial charge in [0, 0.05) is 19.9 Å². The van der Waals surface area contributed by atoms with E-state index in [1.807, 2.05) is 13.8 Å². The van der Waals surface area contributed by atoms with Crippen molar-refractivity contribution in [1.82, 2.24) is 37.2 Å². The molecule has 0 saturated carbocycles. The average Bonchev–Trinajstić information content (AvgIpc) is 3.15. The molecule has 0 unspecified atom stereocenters. The van der Waals surface area contributed by atoms with E-state index in [1.165, 1.54) is 51.6 Å². The number of thioether (sulfide) groups is 1. The number of primary amides is 1. The molecular formula is C38H63N11O10S. The lowest BCUT2D eigenvalue weighted by atomic mass is 10.0. The molecule has 0 aliphatic carbocycles. The zero-order valence-corrected chi connectivity index (χ0v) is 36.0. The Kier molecular flexibility index (Phi) is 23.1. The van der Waals surface area contributed by atoms with Crippen molar-refractivity contribution in [3.05, 3.63) is 29.8 Å². The summed E-state index contributed by atoms with van der Waals surface area (Å²) in [6.45, 7) is 8.93. The highest BCUT2D eigenvalue weighted by atomic mass is 32.2. The number of nitrogens with one attached hydrogen (secondary N) is 7. The Morgan fingerprint density at radius 1 is 0.667 bits per heavy atom. The summed E-state index contributed by atoms with van der Waals surface area (Å²) >= 11 is 1.38. The van der Waals surface area contributed by atoms with E-state index in [9.17, 15) is 48.6 Å². The van der Waals surface area contributed by atoms with Gasteiger partial charge in [-0.15, -0.1) is 0 Å². The quantitative estimate of drug-likeness (QED) is 0.0253. The largest absolute Gasteiger partial charge is 0.508 e. The summed E-state index contributed by atoms with van der Waals surface area (Å²) in [5.41, 5.74) is 16.9. The molecule has 0 fully saturated rings. The predicted octanol–water partition coefficient (Wildman–Crippen LogP) is -2.89. The van der Waals surface area contributed by atoms with Gasteiger partial charge in [0.2, 0.25) is 47.3 Å². The summed E-state index contributed by atoms with van der Waals surface area (Å²) in [5.74, 6) is -5.78. The van der Waals surface area contributed by atoms with E-state index in [1.54, 1.807) is 18.4 Å². The molecule has 1 aromatic carbocycles. The van der Waals surface area contributed by atoms with Crippen molar-refractivity contribution in [3.63, 3.8) is 0 Å². The van der Waals surface area contributed by atoms with Crippen LogP contribution in [0, 0.1) is 5.92 Å². The molecule has 0 aliphatic heterocycles. The zero-order chi connectivity index (χ0) is 45.7. The Morgan fingerprint density at radius 3 is 1.65 bits per heavy atom. The monoisotopic (exact) mass is 865 g/mol. The number of phenols is 1. The van der Waals surface area contributed by atoms with Crippen LogP contribution < -0.4 is 54.4 Å². The van der Waals surface area contributed by atoms with Gasteiger partial charge in [-0.05, 0) is 82.1 Å². The molecule has 21 nitrogen and oxygen atoms in total. The van der Waals surface area contributed by atoms with Gasteiger partial charge in [0.25, 0.3) is 0 Å². The van der Waals surface area contributed by atoms with Crippen LogP contribution in [-0.2, 0) is 44.8 Å². The lowest BCUT2D eigenvalue weighted by Gasteiger charge is -2.27. The molecule has 1 aromatic rings. The van der Waals surface area contributed by atoms with Crippen LogP contribution in [-0.4, -0.2) is 130 Å². The molecule has 15 N–H and O–H groups in total. The summed E-state index contributed by atoms with van der Waals surface area (Å²) in [4.78, 5) is 108. The highest BCUT2D eigenvalue weighted by Gasteiger charge is 2.33. The van der Waals surface area contributed by atoms with Gasteiger partial charge in [0.15, 0.2) is 5.96 Å². The van der Waals surface area contributed by atoms with Gasteiger partial charge in [0.1, 0.15) is 48.0 Å². The molecule has 0 radical (unpaired) electrons. The number of guanidine groups is 1. The summed E-state index contributed by atoms with van der Waals surface area (Å²) in [7, 11) is 0. The van der Waals surface area contributed by atoms with Gasteiger partial charge >= 0.3 is 0 Å². The molecule has 0 saturated heterocycles. The number of aliphatic hydroxyl groups excluding tert-OH is 1. The van der Waals surface area contributed by atoms with Crippen LogP contribution in [0.25, 0.3) is 0 Å². The number of amides is 8. The number of nitrogens with two attached hydrogens (primary N) is 3. The molecule has 8 amide bonds. The van der Waals surface area contributed by atoms with Crippen LogP contribution in [0.3, 0.4) is 0 Å². The number of hydrogen-bond donors (Lipinski definition) is 12. The summed E-state index contributed by atoms with van der Waals surface area (Å²) in [5, 5.41) is 37.5. The maximum atomic E-state index is 13.6. The second kappa shape index (κ2) is 26.5. The predicted molar refractivity (Wildman–Crippen MR) is 226 cm³/mol. The summed E-state index contributed by atoms with van der Waals surface area (Å²) in [6, 6.07) is -2.58. The number of nitrogens with zero attached hydrogens (tertiary/aromatic N) is 1. The lowest BCUT2D eigenvalue weighted by molar-refractivity contribution is -0.136. The Balaban J connectivity index is 3.11. The van der Waals surface area contributed by atoms with Gasteiger partial charge in [-0.2, -0.15) is 11.8 Å². The van der Waals surface area contributed by atoms with E-state index in [-0.39, 0.29) is 56.3 Å². The van der Waals surface area contributed by atoms with Crippen molar-refractivity contribution in [2.45, 2.75) is 122 Å². The van der Waals surface area contributed by atoms with Crippen LogP contribution in [0.4, 0.5) is 0 Å². The number of aliphatic imine (C=N–C) groups is 1. The Bertz CT molecular complexity index is 1660. The van der Waals surface area contributed by atoms with Crippen molar-refractivity contribution < 1.29 is 48.6 Å². The molecule has 0 heterocycles. The minimum absolute atomic E-state index is 0.00635. The Morgan fingerprint density at radius 2 is 1.17 bits per heavy atom. The number of phenolic OH excluding ortho intramolecular Hbond substituents is 1. The smallest absolute Gasteiger partial charge is 0.245 e.